The molecule has 0 spiro atoms. The second kappa shape index (κ2) is 13.0. The van der Waals surface area contributed by atoms with Gasteiger partial charge in [0.1, 0.15) is 12.2 Å². The summed E-state index contributed by atoms with van der Waals surface area (Å²) in [5.41, 5.74) is 0.485. The Morgan fingerprint density at radius 3 is 2.40 bits per heavy atom. The van der Waals surface area contributed by atoms with Crippen LogP contribution in [0, 0.1) is 22.0 Å². The minimum atomic E-state index is -1.41. The SMILES string of the molecule is CCOC(=O)C(C)(C)Oc1ccc(Cc2cc([C@@H]3O[C@H](CC)[C@@H](C)[C@H](C)[C@H]3OC(C)=O)ccc2Cl)cc1[N+](=O)[O-]. The average Bonchev–Trinajstić information content (AvgIpc) is 2.89. The van der Waals surface area contributed by atoms with Crippen LogP contribution >= 0.6 is 11.6 Å². The summed E-state index contributed by atoms with van der Waals surface area (Å²) < 4.78 is 22.9. The molecule has 1 aliphatic rings. The Hall–Kier alpha value is -3.17. The lowest BCUT2D eigenvalue weighted by Gasteiger charge is -2.44. The molecular weight excluding hydrogens is 538 g/mol. The quantitative estimate of drug-likeness (QED) is 0.176. The molecule has 0 saturated carbocycles. The summed E-state index contributed by atoms with van der Waals surface area (Å²) in [7, 11) is 0. The van der Waals surface area contributed by atoms with Crippen molar-refractivity contribution in [3.8, 4) is 5.75 Å². The highest BCUT2D eigenvalue weighted by Gasteiger charge is 2.43. The van der Waals surface area contributed by atoms with E-state index in [9.17, 15) is 19.7 Å². The standard InChI is InChI=1S/C30H38ClNO8/c1-8-25-17(3)18(4)27(38-19(5)33)28(39-25)21-11-12-23(31)22(16-21)14-20-10-13-26(24(15-20)32(35)36)40-30(6,7)29(34)37-9-2/h10-13,15-18,25,27-28H,8-9,14H2,1-7H3/t17-,18-,25+,27+,28-/m0/s1. The minimum Gasteiger partial charge on any atom is -0.469 e. The van der Waals surface area contributed by atoms with Crippen molar-refractivity contribution < 1.29 is 33.5 Å². The molecule has 10 heteroatoms. The van der Waals surface area contributed by atoms with E-state index in [4.69, 9.17) is 30.5 Å². The number of rotatable bonds is 10. The van der Waals surface area contributed by atoms with E-state index in [0.29, 0.717) is 17.0 Å². The number of hydrogen-bond donors (Lipinski definition) is 0. The molecule has 0 aromatic heterocycles. The van der Waals surface area contributed by atoms with Crippen LogP contribution in [-0.2, 0) is 30.2 Å². The van der Waals surface area contributed by atoms with Crippen molar-refractivity contribution in [1.82, 2.24) is 0 Å². The third kappa shape index (κ3) is 7.12. The molecular formula is C30H38ClNO8. The first-order chi connectivity index (χ1) is 18.8. The van der Waals surface area contributed by atoms with Crippen molar-refractivity contribution in [2.75, 3.05) is 6.61 Å². The molecule has 1 aliphatic heterocycles. The molecule has 0 N–H and O–H groups in total. The van der Waals surface area contributed by atoms with Gasteiger partial charge in [0, 0.05) is 23.9 Å². The number of carbonyl (C=O) groups is 2. The minimum absolute atomic E-state index is 0.0000104. The number of halogens is 1. The maximum Gasteiger partial charge on any atom is 0.349 e. The van der Waals surface area contributed by atoms with Crippen LogP contribution in [0.3, 0.4) is 0 Å². The Balaban J connectivity index is 1.93. The lowest BCUT2D eigenvalue weighted by Crippen LogP contribution is -2.46. The zero-order valence-electron chi connectivity index (χ0n) is 24.1. The van der Waals surface area contributed by atoms with Crippen molar-refractivity contribution in [3.05, 3.63) is 68.2 Å². The molecule has 1 heterocycles. The normalized spacial score (nSPS) is 22.9. The van der Waals surface area contributed by atoms with E-state index >= 15 is 0 Å². The highest BCUT2D eigenvalue weighted by atomic mass is 35.5. The lowest BCUT2D eigenvalue weighted by molar-refractivity contribution is -0.386. The molecule has 40 heavy (non-hydrogen) atoms. The van der Waals surface area contributed by atoms with Gasteiger partial charge in [-0.1, -0.05) is 50.6 Å². The van der Waals surface area contributed by atoms with Crippen LogP contribution in [0.1, 0.15) is 77.7 Å². The molecule has 9 nitrogen and oxygen atoms in total. The Kier molecular flexibility index (Phi) is 10.2. The maximum absolute atomic E-state index is 12.2. The summed E-state index contributed by atoms with van der Waals surface area (Å²) in [6.07, 6.45) is 0.166. The summed E-state index contributed by atoms with van der Waals surface area (Å²) in [6, 6.07) is 10.1. The van der Waals surface area contributed by atoms with Gasteiger partial charge in [0.15, 0.2) is 5.75 Å². The first-order valence-electron chi connectivity index (χ1n) is 13.5. The first kappa shape index (κ1) is 31.4. The van der Waals surface area contributed by atoms with Gasteiger partial charge in [0.25, 0.3) is 0 Å². The Bertz CT molecular complexity index is 1250. The van der Waals surface area contributed by atoms with Gasteiger partial charge in [-0.3, -0.25) is 14.9 Å². The van der Waals surface area contributed by atoms with Crippen LogP contribution in [0.5, 0.6) is 5.75 Å². The van der Waals surface area contributed by atoms with Crippen molar-refractivity contribution in [2.24, 2.45) is 11.8 Å². The van der Waals surface area contributed by atoms with Crippen molar-refractivity contribution in [2.45, 2.75) is 85.2 Å². The number of esters is 2. The van der Waals surface area contributed by atoms with Crippen LogP contribution in [0.4, 0.5) is 5.69 Å². The third-order valence-electron chi connectivity index (χ3n) is 7.40. The van der Waals surface area contributed by atoms with Crippen LogP contribution < -0.4 is 4.74 Å². The smallest absolute Gasteiger partial charge is 0.349 e. The van der Waals surface area contributed by atoms with E-state index < -0.39 is 28.7 Å². The number of nitrogens with zero attached hydrogens (tertiary/aromatic N) is 1. The van der Waals surface area contributed by atoms with E-state index in [-0.39, 0.29) is 42.0 Å². The molecule has 0 aliphatic carbocycles. The summed E-state index contributed by atoms with van der Waals surface area (Å²) in [6.45, 7) is 12.5. The van der Waals surface area contributed by atoms with Crippen LogP contribution in [-0.4, -0.2) is 41.3 Å². The molecule has 0 bridgehead atoms. The van der Waals surface area contributed by atoms with Crippen molar-refractivity contribution in [1.29, 1.82) is 0 Å². The number of carbonyl (C=O) groups excluding carboxylic acids is 2. The molecule has 0 amide bonds. The Morgan fingerprint density at radius 1 is 1.10 bits per heavy atom. The van der Waals surface area contributed by atoms with Gasteiger partial charge in [-0.25, -0.2) is 4.79 Å². The highest BCUT2D eigenvalue weighted by molar-refractivity contribution is 6.31. The molecule has 2 aromatic carbocycles. The second-order valence-electron chi connectivity index (χ2n) is 10.7. The fraction of sp³-hybridized carbons (Fsp3) is 0.533. The molecule has 2 aromatic rings. The first-order valence-corrected chi connectivity index (χ1v) is 13.9. The van der Waals surface area contributed by atoms with E-state index in [0.717, 1.165) is 17.5 Å². The Morgan fingerprint density at radius 2 is 1.80 bits per heavy atom. The summed E-state index contributed by atoms with van der Waals surface area (Å²) in [4.78, 5) is 35.5. The molecule has 3 rings (SSSR count). The second-order valence-corrected chi connectivity index (χ2v) is 11.1. The molecule has 1 fully saturated rings. The zero-order chi connectivity index (χ0) is 29.8. The molecule has 0 unspecified atom stereocenters. The topological polar surface area (TPSA) is 114 Å². The number of ether oxygens (including phenoxy) is 4. The molecule has 1 saturated heterocycles. The fourth-order valence-corrected chi connectivity index (χ4v) is 5.23. The monoisotopic (exact) mass is 575 g/mol. The van der Waals surface area contributed by atoms with Crippen LogP contribution in [0.2, 0.25) is 5.02 Å². The van der Waals surface area contributed by atoms with Gasteiger partial charge in [-0.05, 0) is 68.4 Å². The molecule has 218 valence electrons. The molecule has 0 radical (unpaired) electrons. The van der Waals surface area contributed by atoms with Crippen LogP contribution in [0.15, 0.2) is 36.4 Å². The largest absolute Gasteiger partial charge is 0.469 e. The zero-order valence-corrected chi connectivity index (χ0v) is 24.8. The van der Waals surface area contributed by atoms with Gasteiger partial charge >= 0.3 is 17.6 Å². The number of benzene rings is 2. The highest BCUT2D eigenvalue weighted by Crippen LogP contribution is 2.42. The van der Waals surface area contributed by atoms with Gasteiger partial charge in [-0.15, -0.1) is 0 Å². The van der Waals surface area contributed by atoms with Crippen LogP contribution in [0.25, 0.3) is 0 Å². The van der Waals surface area contributed by atoms with Gasteiger partial charge in [-0.2, -0.15) is 0 Å². The summed E-state index contributed by atoms with van der Waals surface area (Å²) in [5.74, 6) is -0.765. The summed E-state index contributed by atoms with van der Waals surface area (Å²) in [5, 5.41) is 12.4. The van der Waals surface area contributed by atoms with E-state index in [1.54, 1.807) is 19.1 Å². The lowest BCUT2D eigenvalue weighted by atomic mass is 9.78. The predicted octanol–water partition coefficient (Wildman–Crippen LogP) is 6.61. The van der Waals surface area contributed by atoms with Gasteiger partial charge < -0.3 is 18.9 Å². The Labute approximate surface area is 240 Å². The van der Waals surface area contributed by atoms with Crippen molar-refractivity contribution in [3.63, 3.8) is 0 Å². The van der Waals surface area contributed by atoms with E-state index in [1.807, 2.05) is 12.1 Å². The fourth-order valence-electron chi connectivity index (χ4n) is 5.05. The average molecular weight is 576 g/mol. The number of hydrogen-bond acceptors (Lipinski definition) is 8. The number of nitro benzene ring substituents is 1. The summed E-state index contributed by atoms with van der Waals surface area (Å²) >= 11 is 6.56. The predicted molar refractivity (Wildman–Crippen MR) is 150 cm³/mol. The van der Waals surface area contributed by atoms with Gasteiger partial charge in [0.05, 0.1) is 17.6 Å². The third-order valence-corrected chi connectivity index (χ3v) is 7.77. The van der Waals surface area contributed by atoms with Crippen molar-refractivity contribution >= 4 is 29.2 Å². The molecule has 5 atom stereocenters. The van der Waals surface area contributed by atoms with Gasteiger partial charge in [0.2, 0.25) is 5.60 Å². The van der Waals surface area contributed by atoms with E-state index in [1.165, 1.54) is 32.9 Å². The number of nitro groups is 1. The van der Waals surface area contributed by atoms with E-state index in [2.05, 4.69) is 20.8 Å². The maximum atomic E-state index is 12.2.